The predicted molar refractivity (Wildman–Crippen MR) is 66.3 cm³/mol. The van der Waals surface area contributed by atoms with Gasteiger partial charge in [-0.1, -0.05) is 24.3 Å². The Bertz CT molecular complexity index is 611. The van der Waals surface area contributed by atoms with E-state index < -0.39 is 7.60 Å². The second-order valence-electron chi connectivity index (χ2n) is 3.57. The van der Waals surface area contributed by atoms with Crippen LogP contribution in [0.25, 0.3) is 0 Å². The van der Waals surface area contributed by atoms with Gasteiger partial charge in [-0.25, -0.2) is 4.57 Å². The van der Waals surface area contributed by atoms with Crippen molar-refractivity contribution in [1.82, 2.24) is 0 Å². The summed E-state index contributed by atoms with van der Waals surface area (Å²) in [5.74, 6) is -0.701. The van der Waals surface area contributed by atoms with Crippen molar-refractivity contribution in [3.63, 3.8) is 0 Å². The van der Waals surface area contributed by atoms with Gasteiger partial charge in [-0.15, -0.1) is 0 Å². The number of rotatable bonds is 3. The van der Waals surface area contributed by atoms with E-state index in [-0.39, 0.29) is 22.6 Å². The van der Waals surface area contributed by atoms with Crippen LogP contribution in [0.4, 0.5) is 0 Å². The topological polar surface area (TPSA) is 87.0 Å². The van der Waals surface area contributed by atoms with Crippen molar-refractivity contribution >= 4 is 12.9 Å². The highest BCUT2D eigenvalue weighted by atomic mass is 31.2. The van der Waals surface area contributed by atoms with Crippen LogP contribution in [0.3, 0.4) is 0 Å². The van der Waals surface area contributed by atoms with Gasteiger partial charge in [0.25, 0.3) is 0 Å². The molecular formula is C12H11O5P. The molecule has 94 valence electrons. The quantitative estimate of drug-likeness (QED) is 0.739. The Morgan fingerprint density at radius 1 is 0.889 bits per heavy atom. The zero-order valence-electron chi connectivity index (χ0n) is 9.22. The Labute approximate surface area is 103 Å². The number of phenols is 2. The number of para-hydroxylation sites is 3. The van der Waals surface area contributed by atoms with E-state index in [1.807, 2.05) is 0 Å². The van der Waals surface area contributed by atoms with E-state index in [0.29, 0.717) is 0 Å². The highest BCUT2D eigenvalue weighted by Crippen LogP contribution is 2.46. The normalized spacial score (nSPS) is 13.8. The first-order valence-corrected chi connectivity index (χ1v) is 6.67. The first-order valence-electron chi connectivity index (χ1n) is 5.09. The molecule has 3 N–H and O–H groups in total. The van der Waals surface area contributed by atoms with E-state index in [4.69, 9.17) is 4.52 Å². The van der Waals surface area contributed by atoms with E-state index in [9.17, 15) is 19.7 Å². The van der Waals surface area contributed by atoms with Crippen LogP contribution in [-0.4, -0.2) is 15.1 Å². The average molecular weight is 266 g/mol. The molecule has 0 bridgehead atoms. The van der Waals surface area contributed by atoms with Crippen LogP contribution in [-0.2, 0) is 4.57 Å². The summed E-state index contributed by atoms with van der Waals surface area (Å²) in [5.41, 5.74) is 0. The Hall–Kier alpha value is -1.97. The summed E-state index contributed by atoms with van der Waals surface area (Å²) in [4.78, 5) is 9.81. The minimum absolute atomic E-state index is 0.119. The maximum absolute atomic E-state index is 12.0. The van der Waals surface area contributed by atoms with Gasteiger partial charge in [0.2, 0.25) is 0 Å². The van der Waals surface area contributed by atoms with Crippen molar-refractivity contribution in [2.45, 2.75) is 0 Å². The van der Waals surface area contributed by atoms with Gasteiger partial charge < -0.3 is 19.6 Å². The van der Waals surface area contributed by atoms with Crippen molar-refractivity contribution in [2.75, 3.05) is 0 Å². The summed E-state index contributed by atoms with van der Waals surface area (Å²) in [6.07, 6.45) is 0. The van der Waals surface area contributed by atoms with E-state index in [2.05, 4.69) is 0 Å². The molecular weight excluding hydrogens is 255 g/mol. The lowest BCUT2D eigenvalue weighted by Gasteiger charge is -2.15. The molecule has 0 fully saturated rings. The largest absolute Gasteiger partial charge is 0.507 e. The Morgan fingerprint density at radius 3 is 2.06 bits per heavy atom. The highest BCUT2D eigenvalue weighted by molar-refractivity contribution is 7.61. The van der Waals surface area contributed by atoms with Gasteiger partial charge in [-0.2, -0.15) is 0 Å². The van der Waals surface area contributed by atoms with Crippen molar-refractivity contribution in [2.24, 2.45) is 0 Å². The zero-order chi connectivity index (χ0) is 13.2. The summed E-state index contributed by atoms with van der Waals surface area (Å²) in [6.45, 7) is 0. The Kier molecular flexibility index (Phi) is 3.28. The molecule has 0 saturated heterocycles. The molecule has 0 aromatic heterocycles. The van der Waals surface area contributed by atoms with Crippen LogP contribution in [0, 0.1) is 0 Å². The fraction of sp³-hybridized carbons (Fsp3) is 0. The summed E-state index contributed by atoms with van der Waals surface area (Å²) in [6, 6.07) is 11.4. The maximum atomic E-state index is 12.0. The zero-order valence-corrected chi connectivity index (χ0v) is 10.1. The van der Waals surface area contributed by atoms with E-state index in [1.165, 1.54) is 36.4 Å². The number of aromatic hydroxyl groups is 2. The third-order valence-corrected chi connectivity index (χ3v) is 3.70. The maximum Gasteiger partial charge on any atom is 0.412 e. The van der Waals surface area contributed by atoms with Crippen LogP contribution in [0.1, 0.15) is 0 Å². The molecule has 1 unspecified atom stereocenters. The van der Waals surface area contributed by atoms with Crippen LogP contribution in [0.5, 0.6) is 17.2 Å². The fourth-order valence-corrected chi connectivity index (χ4v) is 2.58. The molecule has 0 radical (unpaired) electrons. The predicted octanol–water partition coefficient (Wildman–Crippen LogP) is 1.99. The summed E-state index contributed by atoms with van der Waals surface area (Å²) in [7, 11) is -4.24. The van der Waals surface area contributed by atoms with E-state index in [1.54, 1.807) is 12.1 Å². The summed E-state index contributed by atoms with van der Waals surface area (Å²) in [5, 5.41) is 18.8. The molecule has 0 aliphatic carbocycles. The monoisotopic (exact) mass is 266 g/mol. The molecule has 1 atom stereocenters. The second kappa shape index (κ2) is 4.72. The van der Waals surface area contributed by atoms with Crippen molar-refractivity contribution < 1.29 is 24.2 Å². The molecule has 0 saturated carbocycles. The van der Waals surface area contributed by atoms with Gasteiger partial charge in [0.1, 0.15) is 11.1 Å². The standard InChI is InChI=1S/C12H11O5P/c13-9-5-1-3-7-11(9)17-18(15,16)12-8-4-2-6-10(12)14/h1-8,13-14H,(H,15,16). The van der Waals surface area contributed by atoms with Crippen molar-refractivity contribution in [1.29, 1.82) is 0 Å². The molecule has 0 heterocycles. The molecule has 0 aliphatic rings. The molecule has 0 spiro atoms. The number of hydrogen-bond donors (Lipinski definition) is 3. The molecule has 2 aromatic rings. The first-order chi connectivity index (χ1) is 8.50. The molecule has 18 heavy (non-hydrogen) atoms. The summed E-state index contributed by atoms with van der Waals surface area (Å²) >= 11 is 0. The van der Waals surface area contributed by atoms with Crippen LogP contribution < -0.4 is 9.83 Å². The molecule has 2 rings (SSSR count). The molecule has 2 aromatic carbocycles. The second-order valence-corrected chi connectivity index (χ2v) is 5.27. The first kappa shape index (κ1) is 12.5. The minimum atomic E-state index is -4.24. The number of hydrogen-bond acceptors (Lipinski definition) is 4. The third kappa shape index (κ3) is 2.47. The number of benzene rings is 2. The van der Waals surface area contributed by atoms with Crippen LogP contribution in [0.2, 0.25) is 0 Å². The van der Waals surface area contributed by atoms with Gasteiger partial charge >= 0.3 is 7.60 Å². The lowest BCUT2D eigenvalue weighted by Crippen LogP contribution is -2.09. The van der Waals surface area contributed by atoms with Gasteiger partial charge in [-0.05, 0) is 24.3 Å². The average Bonchev–Trinajstić information content (AvgIpc) is 2.32. The van der Waals surface area contributed by atoms with E-state index >= 15 is 0 Å². The fourth-order valence-electron chi connectivity index (χ4n) is 1.42. The minimum Gasteiger partial charge on any atom is -0.507 e. The number of phenolic OH excluding ortho intramolecular Hbond substituents is 2. The van der Waals surface area contributed by atoms with Crippen molar-refractivity contribution in [3.8, 4) is 17.2 Å². The van der Waals surface area contributed by atoms with Crippen LogP contribution >= 0.6 is 7.60 Å². The van der Waals surface area contributed by atoms with Gasteiger partial charge in [-0.3, -0.25) is 0 Å². The molecule has 5 nitrogen and oxygen atoms in total. The third-order valence-electron chi connectivity index (χ3n) is 2.27. The van der Waals surface area contributed by atoms with Gasteiger partial charge in [0, 0.05) is 0 Å². The smallest absolute Gasteiger partial charge is 0.412 e. The van der Waals surface area contributed by atoms with Crippen molar-refractivity contribution in [3.05, 3.63) is 48.5 Å². The SMILES string of the molecule is O=P(O)(Oc1ccccc1O)c1ccccc1O. The molecule has 0 amide bonds. The Balaban J connectivity index is 2.37. The summed E-state index contributed by atoms with van der Waals surface area (Å²) < 4.78 is 16.9. The highest BCUT2D eigenvalue weighted by Gasteiger charge is 2.28. The lowest BCUT2D eigenvalue weighted by molar-refractivity contribution is 0.374. The van der Waals surface area contributed by atoms with Crippen LogP contribution in [0.15, 0.2) is 48.5 Å². The van der Waals surface area contributed by atoms with Gasteiger partial charge in [0.15, 0.2) is 11.5 Å². The lowest BCUT2D eigenvalue weighted by atomic mass is 10.3. The van der Waals surface area contributed by atoms with E-state index in [0.717, 1.165) is 0 Å². The molecule has 0 aliphatic heterocycles. The van der Waals surface area contributed by atoms with Gasteiger partial charge in [0.05, 0.1) is 0 Å². The molecule has 6 heteroatoms. The Morgan fingerprint density at radius 2 is 1.44 bits per heavy atom.